The van der Waals surface area contributed by atoms with Crippen molar-refractivity contribution in [3.8, 4) is 0 Å². The second-order valence-corrected chi connectivity index (χ2v) is 7.91. The van der Waals surface area contributed by atoms with Gasteiger partial charge in [-0.2, -0.15) is 0 Å². The molecule has 8 heteroatoms. The van der Waals surface area contributed by atoms with Crippen molar-refractivity contribution in [2.75, 3.05) is 13.1 Å². The number of nitrogens with one attached hydrogen (secondary N) is 2. The Kier molecular flexibility index (Phi) is 5.40. The summed E-state index contributed by atoms with van der Waals surface area (Å²) in [5.74, 6) is 0. The van der Waals surface area contributed by atoms with Gasteiger partial charge in [-0.15, -0.1) is 0 Å². The molecule has 2 N–H and O–H groups in total. The van der Waals surface area contributed by atoms with Gasteiger partial charge in [-0.3, -0.25) is 4.98 Å². The van der Waals surface area contributed by atoms with Crippen molar-refractivity contribution in [1.29, 1.82) is 0 Å². The van der Waals surface area contributed by atoms with Crippen LogP contribution in [-0.2, 0) is 14.8 Å². The van der Waals surface area contributed by atoms with Gasteiger partial charge < -0.3 is 10.1 Å². The van der Waals surface area contributed by atoms with Gasteiger partial charge in [0.15, 0.2) is 0 Å². The zero-order valence-electron chi connectivity index (χ0n) is 13.9. The first kappa shape index (κ1) is 18.2. The van der Waals surface area contributed by atoms with E-state index in [1.54, 1.807) is 51.4 Å². The van der Waals surface area contributed by atoms with Gasteiger partial charge >= 0.3 is 6.09 Å². The molecule has 0 saturated heterocycles. The molecule has 0 aliphatic rings. The predicted octanol–water partition coefficient (Wildman–Crippen LogP) is 2.04. The van der Waals surface area contributed by atoms with Crippen molar-refractivity contribution < 1.29 is 17.9 Å². The highest BCUT2D eigenvalue weighted by atomic mass is 32.2. The number of carbonyl (C=O) groups excluding carboxylic acids is 1. The van der Waals surface area contributed by atoms with E-state index in [9.17, 15) is 13.2 Å². The number of nitrogens with zero attached hydrogens (tertiary/aromatic N) is 1. The monoisotopic (exact) mass is 351 g/mol. The lowest BCUT2D eigenvalue weighted by atomic mass is 10.2. The molecule has 1 amide bonds. The number of rotatable bonds is 5. The molecule has 0 radical (unpaired) electrons. The number of alkyl carbamates (subject to hydrolysis) is 1. The van der Waals surface area contributed by atoms with Crippen LogP contribution >= 0.6 is 0 Å². The fraction of sp³-hybridized carbons (Fsp3) is 0.375. The third-order valence-corrected chi connectivity index (χ3v) is 4.53. The summed E-state index contributed by atoms with van der Waals surface area (Å²) in [6, 6.07) is 6.65. The molecule has 1 heterocycles. The maximum atomic E-state index is 12.4. The van der Waals surface area contributed by atoms with E-state index in [0.29, 0.717) is 5.39 Å². The van der Waals surface area contributed by atoms with Gasteiger partial charge in [0, 0.05) is 36.3 Å². The molecule has 0 unspecified atom stereocenters. The molecule has 0 aliphatic carbocycles. The summed E-state index contributed by atoms with van der Waals surface area (Å²) in [6.45, 7) is 5.45. The zero-order valence-corrected chi connectivity index (χ0v) is 14.7. The number of carbonyl (C=O) groups is 1. The smallest absolute Gasteiger partial charge is 0.407 e. The van der Waals surface area contributed by atoms with Crippen molar-refractivity contribution in [1.82, 2.24) is 15.0 Å². The molecule has 0 spiro atoms. The molecular weight excluding hydrogens is 330 g/mol. The molecule has 2 aromatic rings. The molecule has 0 saturated carbocycles. The van der Waals surface area contributed by atoms with E-state index in [2.05, 4.69) is 15.0 Å². The highest BCUT2D eigenvalue weighted by Gasteiger charge is 2.18. The molecule has 0 fully saturated rings. The number of hydrogen-bond acceptors (Lipinski definition) is 5. The van der Waals surface area contributed by atoms with E-state index < -0.39 is 21.7 Å². The van der Waals surface area contributed by atoms with E-state index in [0.717, 1.165) is 5.39 Å². The number of sulfonamides is 1. The highest BCUT2D eigenvalue weighted by molar-refractivity contribution is 7.89. The molecule has 7 nitrogen and oxygen atoms in total. The minimum Gasteiger partial charge on any atom is -0.444 e. The van der Waals surface area contributed by atoms with Crippen LogP contribution in [0.4, 0.5) is 4.79 Å². The van der Waals surface area contributed by atoms with E-state index in [4.69, 9.17) is 4.74 Å². The molecule has 130 valence electrons. The molecule has 0 aliphatic heterocycles. The summed E-state index contributed by atoms with van der Waals surface area (Å²) in [4.78, 5) is 15.7. The van der Waals surface area contributed by atoms with E-state index in [-0.39, 0.29) is 18.0 Å². The second-order valence-electron chi connectivity index (χ2n) is 6.18. The SMILES string of the molecule is CC(C)(C)OC(=O)NCCNS(=O)(=O)c1cccc2cnccc12. The van der Waals surface area contributed by atoms with Crippen LogP contribution in [0.1, 0.15) is 20.8 Å². The third-order valence-electron chi connectivity index (χ3n) is 3.02. The standard InChI is InChI=1S/C16H21N3O4S/c1-16(2,3)23-15(20)18-9-10-19-24(21,22)14-6-4-5-12-11-17-8-7-13(12)14/h4-8,11,19H,9-10H2,1-3H3,(H,18,20). The average molecular weight is 351 g/mol. The Labute approximate surface area is 141 Å². The molecule has 1 aromatic heterocycles. The summed E-state index contributed by atoms with van der Waals surface area (Å²) in [6.07, 6.45) is 2.57. The van der Waals surface area contributed by atoms with E-state index >= 15 is 0 Å². The van der Waals surface area contributed by atoms with Crippen molar-refractivity contribution in [2.24, 2.45) is 0 Å². The summed E-state index contributed by atoms with van der Waals surface area (Å²) in [5, 5.41) is 3.84. The minimum absolute atomic E-state index is 0.0586. The lowest BCUT2D eigenvalue weighted by Crippen LogP contribution is -2.37. The number of aromatic nitrogens is 1. The minimum atomic E-state index is -3.69. The summed E-state index contributed by atoms with van der Waals surface area (Å²) < 4.78 is 32.4. The highest BCUT2D eigenvalue weighted by Crippen LogP contribution is 2.21. The Bertz CT molecular complexity index is 823. The Morgan fingerprint density at radius 2 is 1.96 bits per heavy atom. The molecule has 1 aromatic carbocycles. The van der Waals surface area contributed by atoms with Gasteiger partial charge in [0.2, 0.25) is 10.0 Å². The number of hydrogen-bond donors (Lipinski definition) is 2. The number of amides is 1. The molecular formula is C16H21N3O4S. The van der Waals surface area contributed by atoms with Gasteiger partial charge in [-0.05, 0) is 32.9 Å². The quantitative estimate of drug-likeness (QED) is 0.804. The van der Waals surface area contributed by atoms with Gasteiger partial charge in [0.1, 0.15) is 5.60 Å². The first-order chi connectivity index (χ1) is 11.2. The number of pyridine rings is 1. The average Bonchev–Trinajstić information content (AvgIpc) is 2.49. The van der Waals surface area contributed by atoms with Crippen molar-refractivity contribution in [3.63, 3.8) is 0 Å². The Hall–Kier alpha value is -2.19. The molecule has 0 bridgehead atoms. The van der Waals surface area contributed by atoms with Crippen LogP contribution < -0.4 is 10.0 Å². The topological polar surface area (TPSA) is 97.4 Å². The van der Waals surface area contributed by atoms with Crippen LogP contribution in [0.5, 0.6) is 0 Å². The van der Waals surface area contributed by atoms with Crippen LogP contribution in [-0.4, -0.2) is 38.2 Å². The maximum absolute atomic E-state index is 12.4. The first-order valence-corrected chi connectivity index (χ1v) is 8.97. The van der Waals surface area contributed by atoms with Crippen LogP contribution in [0.2, 0.25) is 0 Å². The zero-order chi connectivity index (χ0) is 17.8. The van der Waals surface area contributed by atoms with E-state index in [1.807, 2.05) is 0 Å². The summed E-state index contributed by atoms with van der Waals surface area (Å²) in [7, 11) is -3.69. The lowest BCUT2D eigenvalue weighted by Gasteiger charge is -2.19. The first-order valence-electron chi connectivity index (χ1n) is 7.48. The van der Waals surface area contributed by atoms with Gasteiger partial charge in [0.05, 0.1) is 4.90 Å². The Balaban J connectivity index is 1.98. The molecule has 0 atom stereocenters. The van der Waals surface area contributed by atoms with Crippen molar-refractivity contribution in [3.05, 3.63) is 36.7 Å². The molecule has 2 rings (SSSR count). The van der Waals surface area contributed by atoms with Gasteiger partial charge in [-0.1, -0.05) is 12.1 Å². The fourth-order valence-corrected chi connectivity index (χ4v) is 3.33. The summed E-state index contributed by atoms with van der Waals surface area (Å²) >= 11 is 0. The number of benzene rings is 1. The van der Waals surface area contributed by atoms with Gasteiger partial charge in [0.25, 0.3) is 0 Å². The van der Waals surface area contributed by atoms with Crippen LogP contribution in [0.3, 0.4) is 0 Å². The largest absolute Gasteiger partial charge is 0.444 e. The molecule has 24 heavy (non-hydrogen) atoms. The second kappa shape index (κ2) is 7.14. The number of ether oxygens (including phenoxy) is 1. The Morgan fingerprint density at radius 3 is 2.67 bits per heavy atom. The van der Waals surface area contributed by atoms with Crippen LogP contribution in [0.25, 0.3) is 10.8 Å². The normalized spacial score (nSPS) is 12.1. The van der Waals surface area contributed by atoms with Gasteiger partial charge in [-0.25, -0.2) is 17.9 Å². The van der Waals surface area contributed by atoms with Crippen molar-refractivity contribution in [2.45, 2.75) is 31.3 Å². The lowest BCUT2D eigenvalue weighted by molar-refractivity contribution is 0.0529. The fourth-order valence-electron chi connectivity index (χ4n) is 2.07. The van der Waals surface area contributed by atoms with Crippen LogP contribution in [0, 0.1) is 0 Å². The Morgan fingerprint density at radius 1 is 1.21 bits per heavy atom. The maximum Gasteiger partial charge on any atom is 0.407 e. The summed E-state index contributed by atoms with van der Waals surface area (Å²) in [5.41, 5.74) is -0.597. The van der Waals surface area contributed by atoms with E-state index in [1.165, 1.54) is 6.07 Å². The van der Waals surface area contributed by atoms with Crippen molar-refractivity contribution >= 4 is 26.9 Å². The van der Waals surface area contributed by atoms with Crippen LogP contribution in [0.15, 0.2) is 41.6 Å². The third kappa shape index (κ3) is 4.90. The number of fused-ring (bicyclic) bond motifs is 1. The predicted molar refractivity (Wildman–Crippen MR) is 91.2 cm³/mol.